The van der Waals surface area contributed by atoms with E-state index in [9.17, 15) is 0 Å². The molecule has 0 unspecified atom stereocenters. The Balaban J connectivity index is 1.60. The van der Waals surface area contributed by atoms with Crippen LogP contribution >= 0.6 is 28.1 Å². The lowest BCUT2D eigenvalue weighted by atomic mass is 10.0. The van der Waals surface area contributed by atoms with Crippen molar-refractivity contribution in [3.8, 4) is 11.4 Å². The molecule has 2 aromatic carbocycles. The molecule has 0 spiro atoms. The lowest BCUT2D eigenvalue weighted by Crippen LogP contribution is -2.30. The highest BCUT2D eigenvalue weighted by Gasteiger charge is 2.42. The Morgan fingerprint density at radius 2 is 1.68 bits per heavy atom. The van der Waals surface area contributed by atoms with Crippen molar-refractivity contribution in [3.05, 3.63) is 107 Å². The van der Waals surface area contributed by atoms with Gasteiger partial charge in [0.2, 0.25) is 0 Å². The molecule has 0 aliphatic carbocycles. The summed E-state index contributed by atoms with van der Waals surface area (Å²) < 4.78 is 9.11. The van der Waals surface area contributed by atoms with E-state index in [1.54, 1.807) is 0 Å². The van der Waals surface area contributed by atoms with E-state index >= 15 is 0 Å². The Morgan fingerprint density at radius 1 is 0.941 bits per heavy atom. The third kappa shape index (κ3) is 4.45. The molecule has 5 nitrogen and oxygen atoms in total. The number of pyridine rings is 1. The van der Waals surface area contributed by atoms with Gasteiger partial charge in [-0.25, -0.2) is 0 Å². The molecular weight excluding hydrogens is 508 g/mol. The summed E-state index contributed by atoms with van der Waals surface area (Å²) >= 11 is 9.41. The first kappa shape index (κ1) is 22.6. The van der Waals surface area contributed by atoms with Gasteiger partial charge in [-0.05, 0) is 98.9 Å². The van der Waals surface area contributed by atoms with Crippen LogP contribution in [-0.2, 0) is 0 Å². The summed E-state index contributed by atoms with van der Waals surface area (Å²) in [5.74, 6) is 0.841. The average molecular weight is 533 g/mol. The van der Waals surface area contributed by atoms with E-state index in [0.717, 1.165) is 33.0 Å². The van der Waals surface area contributed by atoms with Crippen LogP contribution in [0.15, 0.2) is 95.7 Å². The molecule has 1 saturated heterocycles. The monoisotopic (exact) mass is 532 g/mol. The first-order valence-electron chi connectivity index (χ1n) is 11.2. The van der Waals surface area contributed by atoms with E-state index in [1.807, 2.05) is 50.4 Å². The molecular formula is C27H25BrN4OS. The second-order valence-corrected chi connectivity index (χ2v) is 9.74. The van der Waals surface area contributed by atoms with Crippen molar-refractivity contribution in [1.82, 2.24) is 14.9 Å². The average Bonchev–Trinajstić information content (AvgIpc) is 3.45. The summed E-state index contributed by atoms with van der Waals surface area (Å²) in [5, 5.41) is 4.20. The topological polar surface area (TPSA) is 42.3 Å². The number of hydrogen-bond donors (Lipinski definition) is 1. The molecule has 3 heterocycles. The van der Waals surface area contributed by atoms with Crippen LogP contribution in [0.1, 0.15) is 37.3 Å². The Kier molecular flexibility index (Phi) is 6.39. The van der Waals surface area contributed by atoms with Crippen molar-refractivity contribution in [2.75, 3.05) is 4.90 Å². The minimum atomic E-state index is -0.107. The molecule has 5 rings (SSSR count). The Labute approximate surface area is 213 Å². The molecule has 0 saturated carbocycles. The number of anilines is 1. The van der Waals surface area contributed by atoms with Crippen molar-refractivity contribution in [1.29, 1.82) is 0 Å². The van der Waals surface area contributed by atoms with E-state index < -0.39 is 0 Å². The molecule has 4 aromatic rings. The van der Waals surface area contributed by atoms with Gasteiger partial charge in [0.15, 0.2) is 5.11 Å². The number of rotatable bonds is 6. The van der Waals surface area contributed by atoms with Crippen LogP contribution in [0.3, 0.4) is 0 Å². The third-order valence-electron chi connectivity index (χ3n) is 5.77. The number of ether oxygens (including phenoxy) is 1. The van der Waals surface area contributed by atoms with Gasteiger partial charge in [0.25, 0.3) is 0 Å². The van der Waals surface area contributed by atoms with Gasteiger partial charge in [-0.2, -0.15) is 0 Å². The molecule has 172 valence electrons. The number of halogens is 1. The zero-order valence-corrected chi connectivity index (χ0v) is 21.3. The van der Waals surface area contributed by atoms with Crippen molar-refractivity contribution >= 4 is 38.9 Å². The van der Waals surface area contributed by atoms with Crippen LogP contribution < -0.4 is 15.0 Å². The zero-order chi connectivity index (χ0) is 23.7. The van der Waals surface area contributed by atoms with E-state index in [1.165, 1.54) is 0 Å². The molecule has 1 fully saturated rings. The molecule has 7 heteroatoms. The first-order valence-corrected chi connectivity index (χ1v) is 12.4. The summed E-state index contributed by atoms with van der Waals surface area (Å²) in [5.41, 5.74) is 4.15. The molecule has 34 heavy (non-hydrogen) atoms. The summed E-state index contributed by atoms with van der Waals surface area (Å²) in [6.45, 7) is 4.05. The van der Waals surface area contributed by atoms with Gasteiger partial charge in [-0.3, -0.25) is 4.98 Å². The van der Waals surface area contributed by atoms with Gasteiger partial charge in [-0.1, -0.05) is 22.0 Å². The molecule has 2 aromatic heterocycles. The van der Waals surface area contributed by atoms with Crippen LogP contribution in [0.5, 0.6) is 5.75 Å². The van der Waals surface area contributed by atoms with Crippen molar-refractivity contribution < 1.29 is 4.74 Å². The van der Waals surface area contributed by atoms with Gasteiger partial charge >= 0.3 is 0 Å². The molecule has 0 bridgehead atoms. The number of hydrogen-bond acceptors (Lipinski definition) is 3. The Bertz CT molecular complexity index is 1270. The number of benzene rings is 2. The summed E-state index contributed by atoms with van der Waals surface area (Å²) in [6.07, 6.45) is 4.04. The lowest BCUT2D eigenvalue weighted by Gasteiger charge is -2.29. The number of nitrogens with zero attached hydrogens (tertiary/aromatic N) is 3. The van der Waals surface area contributed by atoms with E-state index in [4.69, 9.17) is 17.0 Å². The van der Waals surface area contributed by atoms with Crippen molar-refractivity contribution in [3.63, 3.8) is 0 Å². The Hall–Kier alpha value is -3.16. The molecule has 2 atom stereocenters. The van der Waals surface area contributed by atoms with Gasteiger partial charge in [0.05, 0.1) is 17.8 Å². The fourth-order valence-corrected chi connectivity index (χ4v) is 4.97. The number of nitrogens with one attached hydrogen (secondary N) is 1. The van der Waals surface area contributed by atoms with Gasteiger partial charge in [-0.15, -0.1) is 0 Å². The van der Waals surface area contributed by atoms with Crippen molar-refractivity contribution in [2.24, 2.45) is 0 Å². The fraction of sp³-hybridized carbons (Fsp3) is 0.185. The predicted molar refractivity (Wildman–Crippen MR) is 144 cm³/mol. The van der Waals surface area contributed by atoms with Crippen molar-refractivity contribution in [2.45, 2.75) is 32.0 Å². The van der Waals surface area contributed by atoms with Gasteiger partial charge < -0.3 is 19.5 Å². The SMILES string of the molecule is CC(C)Oc1ccc(N2C(=S)N[C@@H](c3ccccn3)[C@H]2c2cccn2-c2ccc(Br)cc2)cc1. The molecule has 1 N–H and O–H groups in total. The van der Waals surface area contributed by atoms with Crippen LogP contribution in [0.2, 0.25) is 0 Å². The molecule has 0 amide bonds. The molecule has 1 aliphatic heterocycles. The summed E-state index contributed by atoms with van der Waals surface area (Å²) in [6, 6.07) is 26.4. The minimum Gasteiger partial charge on any atom is -0.491 e. The van der Waals surface area contributed by atoms with E-state index in [0.29, 0.717) is 5.11 Å². The standard InChI is InChI=1S/C27H25BrN4OS/c1-18(2)33-22-14-12-21(13-15-22)32-26(25(30-27(32)34)23-6-3-4-16-29-23)24-7-5-17-31(24)20-10-8-19(28)9-11-20/h3-18,25-26H,1-2H3,(H,30,34)/t25-,26+/m0/s1. The maximum atomic E-state index is 5.87. The maximum absolute atomic E-state index is 5.87. The number of aromatic nitrogens is 2. The normalized spacial score (nSPS) is 17.8. The third-order valence-corrected chi connectivity index (χ3v) is 6.62. The predicted octanol–water partition coefficient (Wildman–Crippen LogP) is 6.60. The largest absolute Gasteiger partial charge is 0.491 e. The quantitative estimate of drug-likeness (QED) is 0.283. The van der Waals surface area contributed by atoms with E-state index in [-0.39, 0.29) is 18.2 Å². The van der Waals surface area contributed by atoms with Crippen LogP contribution in [0, 0.1) is 0 Å². The first-order chi connectivity index (χ1) is 16.5. The van der Waals surface area contributed by atoms with Crippen LogP contribution in [0.4, 0.5) is 5.69 Å². The second-order valence-electron chi connectivity index (χ2n) is 8.44. The fourth-order valence-electron chi connectivity index (χ4n) is 4.36. The Morgan fingerprint density at radius 3 is 2.35 bits per heavy atom. The highest BCUT2D eigenvalue weighted by Crippen LogP contribution is 2.42. The highest BCUT2D eigenvalue weighted by molar-refractivity contribution is 9.10. The number of thiocarbonyl (C=S) groups is 1. The molecule has 0 radical (unpaired) electrons. The second kappa shape index (κ2) is 9.60. The van der Waals surface area contributed by atoms with Crippen LogP contribution in [0.25, 0.3) is 5.69 Å². The van der Waals surface area contributed by atoms with E-state index in [2.05, 4.69) is 90.4 Å². The highest BCUT2D eigenvalue weighted by atomic mass is 79.9. The smallest absolute Gasteiger partial charge is 0.174 e. The lowest BCUT2D eigenvalue weighted by molar-refractivity contribution is 0.242. The summed E-state index contributed by atoms with van der Waals surface area (Å²) in [7, 11) is 0. The minimum absolute atomic E-state index is 0.0992. The molecule has 1 aliphatic rings. The summed E-state index contributed by atoms with van der Waals surface area (Å²) in [4.78, 5) is 6.84. The van der Waals surface area contributed by atoms with Crippen LogP contribution in [-0.4, -0.2) is 20.8 Å². The van der Waals surface area contributed by atoms with Gasteiger partial charge in [0.1, 0.15) is 11.8 Å². The maximum Gasteiger partial charge on any atom is 0.174 e. The zero-order valence-electron chi connectivity index (χ0n) is 18.9. The van der Waals surface area contributed by atoms with Gasteiger partial charge in [0, 0.05) is 33.9 Å².